The van der Waals surface area contributed by atoms with Crippen LogP contribution in [0.15, 0.2) is 53.6 Å². The highest BCUT2D eigenvalue weighted by molar-refractivity contribution is 7.92. The highest BCUT2D eigenvalue weighted by Gasteiger charge is 2.16. The SMILES string of the molecule is CCOc1ccc(NS(=O)(=O)c2ccc3[nH]cc(CCN(C)C)c3c2)cc1.Cl. The minimum Gasteiger partial charge on any atom is -0.494 e. The van der Waals surface area contributed by atoms with Crippen LogP contribution in [0.1, 0.15) is 12.5 Å². The number of likely N-dealkylation sites (N-methyl/N-ethyl adjacent to an activating group) is 1. The first-order valence-corrected chi connectivity index (χ1v) is 10.4. The van der Waals surface area contributed by atoms with E-state index in [1.54, 1.807) is 42.5 Å². The van der Waals surface area contributed by atoms with Gasteiger partial charge in [0.05, 0.1) is 11.5 Å². The third-order valence-corrected chi connectivity index (χ3v) is 5.67. The number of benzene rings is 2. The number of halogens is 1. The minimum atomic E-state index is -3.67. The summed E-state index contributed by atoms with van der Waals surface area (Å²) >= 11 is 0. The lowest BCUT2D eigenvalue weighted by Gasteiger charge is -2.10. The Hall–Kier alpha value is -2.22. The molecular formula is C20H26ClN3O3S. The lowest BCUT2D eigenvalue weighted by Crippen LogP contribution is -2.15. The van der Waals surface area contributed by atoms with Crippen LogP contribution in [0.4, 0.5) is 5.69 Å². The molecule has 0 atom stereocenters. The Kier molecular flexibility index (Phi) is 7.35. The fourth-order valence-electron chi connectivity index (χ4n) is 2.88. The van der Waals surface area contributed by atoms with Gasteiger partial charge in [-0.3, -0.25) is 4.72 Å². The van der Waals surface area contributed by atoms with Crippen molar-refractivity contribution in [3.63, 3.8) is 0 Å². The number of sulfonamides is 1. The Balaban J connectivity index is 0.00000280. The summed E-state index contributed by atoms with van der Waals surface area (Å²) in [4.78, 5) is 5.56. The monoisotopic (exact) mass is 423 g/mol. The first-order chi connectivity index (χ1) is 12.9. The molecule has 0 spiro atoms. The first kappa shape index (κ1) is 22.1. The van der Waals surface area contributed by atoms with E-state index in [0.29, 0.717) is 18.0 Å². The molecule has 3 rings (SSSR count). The molecule has 0 aliphatic heterocycles. The topological polar surface area (TPSA) is 74.4 Å². The van der Waals surface area contributed by atoms with Crippen molar-refractivity contribution in [1.29, 1.82) is 0 Å². The van der Waals surface area contributed by atoms with E-state index in [1.165, 1.54) is 0 Å². The lowest BCUT2D eigenvalue weighted by molar-refractivity contribution is 0.340. The zero-order valence-electron chi connectivity index (χ0n) is 16.2. The van der Waals surface area contributed by atoms with Crippen molar-refractivity contribution in [3.05, 3.63) is 54.2 Å². The van der Waals surface area contributed by atoms with Gasteiger partial charge in [0.15, 0.2) is 0 Å². The van der Waals surface area contributed by atoms with Gasteiger partial charge in [-0.15, -0.1) is 12.4 Å². The van der Waals surface area contributed by atoms with E-state index in [9.17, 15) is 8.42 Å². The van der Waals surface area contributed by atoms with Crippen molar-refractivity contribution in [2.24, 2.45) is 0 Å². The number of fused-ring (bicyclic) bond motifs is 1. The number of aromatic amines is 1. The van der Waals surface area contributed by atoms with Gasteiger partial charge in [-0.2, -0.15) is 0 Å². The van der Waals surface area contributed by atoms with Gasteiger partial charge in [0.1, 0.15) is 5.75 Å². The van der Waals surface area contributed by atoms with Gasteiger partial charge in [0, 0.05) is 29.3 Å². The summed E-state index contributed by atoms with van der Waals surface area (Å²) < 4.78 is 33.6. The number of H-pyrrole nitrogens is 1. The van der Waals surface area contributed by atoms with E-state index in [0.717, 1.165) is 29.4 Å². The summed E-state index contributed by atoms with van der Waals surface area (Å²) in [6.45, 7) is 3.37. The zero-order chi connectivity index (χ0) is 19.4. The van der Waals surface area contributed by atoms with Crippen molar-refractivity contribution in [2.75, 3.05) is 32.0 Å². The third kappa shape index (κ3) is 5.19. The van der Waals surface area contributed by atoms with Crippen LogP contribution in [0.25, 0.3) is 10.9 Å². The Bertz CT molecular complexity index is 1010. The number of nitrogens with one attached hydrogen (secondary N) is 2. The molecule has 8 heteroatoms. The Morgan fingerprint density at radius 3 is 2.46 bits per heavy atom. The molecule has 152 valence electrons. The maximum absolute atomic E-state index is 12.8. The standard InChI is InChI=1S/C20H25N3O3S.ClH/c1-4-26-17-7-5-16(6-8-17)22-27(24,25)18-9-10-20-19(13-18)15(14-21-20)11-12-23(2)3;/h5-10,13-14,21-22H,4,11-12H2,1-3H3;1H. The van der Waals surface area contributed by atoms with Crippen LogP contribution >= 0.6 is 12.4 Å². The molecule has 0 aliphatic carbocycles. The maximum Gasteiger partial charge on any atom is 0.261 e. The summed E-state index contributed by atoms with van der Waals surface area (Å²) in [5.74, 6) is 0.708. The van der Waals surface area contributed by atoms with Gasteiger partial charge >= 0.3 is 0 Å². The normalized spacial score (nSPS) is 11.4. The Morgan fingerprint density at radius 1 is 1.11 bits per heavy atom. The molecule has 2 aromatic carbocycles. The predicted octanol–water partition coefficient (Wildman–Crippen LogP) is 3.89. The second-order valence-corrected chi connectivity index (χ2v) is 8.32. The van der Waals surface area contributed by atoms with E-state index in [4.69, 9.17) is 4.74 Å². The maximum atomic E-state index is 12.8. The molecule has 1 heterocycles. The van der Waals surface area contributed by atoms with E-state index in [2.05, 4.69) is 14.6 Å². The average Bonchev–Trinajstić information content (AvgIpc) is 3.04. The molecule has 3 aromatic rings. The van der Waals surface area contributed by atoms with E-state index >= 15 is 0 Å². The number of hydrogen-bond donors (Lipinski definition) is 2. The summed E-state index contributed by atoms with van der Waals surface area (Å²) in [5.41, 5.74) is 2.54. The van der Waals surface area contributed by atoms with Crippen molar-refractivity contribution in [3.8, 4) is 5.75 Å². The Labute approximate surface area is 172 Å². The van der Waals surface area contributed by atoms with Crippen molar-refractivity contribution < 1.29 is 13.2 Å². The van der Waals surface area contributed by atoms with Crippen molar-refractivity contribution in [2.45, 2.75) is 18.2 Å². The van der Waals surface area contributed by atoms with Gasteiger partial charge < -0.3 is 14.6 Å². The molecule has 0 radical (unpaired) electrons. The summed E-state index contributed by atoms with van der Waals surface area (Å²) in [6.07, 6.45) is 2.80. The van der Waals surface area contributed by atoms with Gasteiger partial charge in [0.25, 0.3) is 10.0 Å². The van der Waals surface area contributed by atoms with Crippen LogP contribution in [-0.2, 0) is 16.4 Å². The summed E-state index contributed by atoms with van der Waals surface area (Å²) in [5, 5.41) is 0.936. The van der Waals surface area contributed by atoms with Crippen LogP contribution in [0, 0.1) is 0 Å². The number of nitrogens with zero attached hydrogens (tertiary/aromatic N) is 1. The molecule has 0 saturated heterocycles. The van der Waals surface area contributed by atoms with Crippen molar-refractivity contribution >= 4 is 39.0 Å². The smallest absolute Gasteiger partial charge is 0.261 e. The van der Waals surface area contributed by atoms with Crippen LogP contribution in [0.3, 0.4) is 0 Å². The van der Waals surface area contributed by atoms with Crippen LogP contribution in [-0.4, -0.2) is 45.5 Å². The molecule has 0 amide bonds. The molecule has 28 heavy (non-hydrogen) atoms. The molecule has 1 aromatic heterocycles. The largest absolute Gasteiger partial charge is 0.494 e. The first-order valence-electron chi connectivity index (χ1n) is 8.89. The van der Waals surface area contributed by atoms with E-state index < -0.39 is 10.0 Å². The van der Waals surface area contributed by atoms with E-state index in [-0.39, 0.29) is 17.3 Å². The van der Waals surface area contributed by atoms with Crippen LogP contribution in [0.5, 0.6) is 5.75 Å². The number of anilines is 1. The van der Waals surface area contributed by atoms with Gasteiger partial charge in [-0.05, 0) is 75.5 Å². The number of ether oxygens (including phenoxy) is 1. The van der Waals surface area contributed by atoms with Crippen molar-refractivity contribution in [1.82, 2.24) is 9.88 Å². The molecule has 0 fully saturated rings. The summed E-state index contributed by atoms with van der Waals surface area (Å²) in [7, 11) is 0.368. The van der Waals surface area contributed by atoms with Crippen LogP contribution < -0.4 is 9.46 Å². The van der Waals surface area contributed by atoms with Crippen LogP contribution in [0.2, 0.25) is 0 Å². The zero-order valence-corrected chi connectivity index (χ0v) is 17.9. The van der Waals surface area contributed by atoms with Gasteiger partial charge in [-0.25, -0.2) is 8.42 Å². The fraction of sp³-hybridized carbons (Fsp3) is 0.300. The molecule has 6 nitrogen and oxygen atoms in total. The number of hydrogen-bond acceptors (Lipinski definition) is 4. The molecule has 2 N–H and O–H groups in total. The third-order valence-electron chi connectivity index (χ3n) is 4.30. The second kappa shape index (κ2) is 9.32. The molecule has 0 saturated carbocycles. The number of aromatic nitrogens is 1. The highest BCUT2D eigenvalue weighted by atomic mass is 35.5. The number of rotatable bonds is 8. The van der Waals surface area contributed by atoms with Gasteiger partial charge in [0.2, 0.25) is 0 Å². The van der Waals surface area contributed by atoms with Gasteiger partial charge in [-0.1, -0.05) is 0 Å². The lowest BCUT2D eigenvalue weighted by atomic mass is 10.1. The molecule has 0 unspecified atom stereocenters. The molecular weight excluding hydrogens is 398 g/mol. The summed E-state index contributed by atoms with van der Waals surface area (Å²) in [6, 6.07) is 12.0. The molecule has 0 bridgehead atoms. The highest BCUT2D eigenvalue weighted by Crippen LogP contribution is 2.25. The fourth-order valence-corrected chi connectivity index (χ4v) is 3.96. The average molecular weight is 424 g/mol. The minimum absolute atomic E-state index is 0. The molecule has 0 aliphatic rings. The Morgan fingerprint density at radius 2 is 1.82 bits per heavy atom. The second-order valence-electron chi connectivity index (χ2n) is 6.64. The van der Waals surface area contributed by atoms with E-state index in [1.807, 2.05) is 27.2 Å². The predicted molar refractivity (Wildman–Crippen MR) is 116 cm³/mol. The quantitative estimate of drug-likeness (QED) is 0.576.